The Bertz CT molecular complexity index is 204. The Labute approximate surface area is 99.9 Å². The number of esters is 1. The summed E-state index contributed by atoms with van der Waals surface area (Å²) in [6, 6.07) is 0.293. The van der Waals surface area contributed by atoms with Crippen molar-refractivity contribution in [2.24, 2.45) is 0 Å². The van der Waals surface area contributed by atoms with Crippen molar-refractivity contribution in [3.8, 4) is 0 Å². The molecule has 3 heteroatoms. The van der Waals surface area contributed by atoms with Gasteiger partial charge in [-0.25, -0.2) is 0 Å². The lowest BCUT2D eigenvalue weighted by Crippen LogP contribution is -2.55. The highest BCUT2D eigenvalue weighted by Gasteiger charge is 2.37. The summed E-state index contributed by atoms with van der Waals surface area (Å²) >= 11 is 0. The Kier molecular flexibility index (Phi) is 7.39. The molecule has 0 aromatic heterocycles. The number of rotatable bonds is 8. The molecule has 0 aliphatic rings. The number of carbonyl (C=O) groups is 1. The molecule has 3 nitrogen and oxygen atoms in total. The fraction of sp³-hybridized carbons (Fsp3) is 0.923. The minimum Gasteiger partial charge on any atom is -0.465 e. The number of carbonyl (C=O) groups excluding carboxylic acids is 1. The lowest BCUT2D eigenvalue weighted by molar-refractivity contribution is -0.152. The van der Waals surface area contributed by atoms with Crippen molar-refractivity contribution in [2.45, 2.75) is 71.9 Å². The minimum atomic E-state index is -0.486. The van der Waals surface area contributed by atoms with E-state index in [-0.39, 0.29) is 5.97 Å². The van der Waals surface area contributed by atoms with Gasteiger partial charge in [-0.15, -0.1) is 0 Å². The molecule has 0 saturated heterocycles. The van der Waals surface area contributed by atoms with Crippen LogP contribution in [0.1, 0.15) is 60.3 Å². The molecule has 0 aliphatic carbocycles. The SMILES string of the molecule is CCCCC(CC)(NC(C)C)C(=O)OCC. The van der Waals surface area contributed by atoms with Crippen molar-refractivity contribution in [2.75, 3.05) is 6.61 Å². The molecule has 0 aliphatic heterocycles. The summed E-state index contributed by atoms with van der Waals surface area (Å²) in [7, 11) is 0. The zero-order valence-corrected chi connectivity index (χ0v) is 11.4. The first kappa shape index (κ1) is 15.4. The summed E-state index contributed by atoms with van der Waals surface area (Å²) in [6.45, 7) is 10.6. The normalized spacial score (nSPS) is 14.9. The van der Waals surface area contributed by atoms with Crippen LogP contribution in [0.25, 0.3) is 0 Å². The van der Waals surface area contributed by atoms with E-state index in [0.29, 0.717) is 12.6 Å². The maximum Gasteiger partial charge on any atom is 0.326 e. The maximum atomic E-state index is 12.1. The standard InChI is InChI=1S/C13H27NO2/c1-6-9-10-13(7-2,14-11(4)5)12(15)16-8-3/h11,14H,6-10H2,1-5H3. The number of hydrogen-bond acceptors (Lipinski definition) is 3. The molecule has 96 valence electrons. The smallest absolute Gasteiger partial charge is 0.326 e. The van der Waals surface area contributed by atoms with Crippen molar-refractivity contribution in [1.29, 1.82) is 0 Å². The lowest BCUT2D eigenvalue weighted by Gasteiger charge is -2.33. The average Bonchev–Trinajstić information content (AvgIpc) is 2.24. The fourth-order valence-corrected chi connectivity index (χ4v) is 1.96. The Morgan fingerprint density at radius 3 is 2.31 bits per heavy atom. The van der Waals surface area contributed by atoms with Gasteiger partial charge in [-0.2, -0.15) is 0 Å². The molecule has 1 unspecified atom stereocenters. The van der Waals surface area contributed by atoms with E-state index < -0.39 is 5.54 Å². The zero-order valence-electron chi connectivity index (χ0n) is 11.4. The van der Waals surface area contributed by atoms with Gasteiger partial charge in [0.15, 0.2) is 0 Å². The van der Waals surface area contributed by atoms with Crippen molar-refractivity contribution >= 4 is 5.97 Å². The number of ether oxygens (including phenoxy) is 1. The second-order valence-electron chi connectivity index (χ2n) is 4.56. The highest BCUT2D eigenvalue weighted by Crippen LogP contribution is 2.21. The van der Waals surface area contributed by atoms with Crippen molar-refractivity contribution < 1.29 is 9.53 Å². The third-order valence-corrected chi connectivity index (χ3v) is 2.79. The molecule has 0 rings (SSSR count). The number of nitrogens with one attached hydrogen (secondary N) is 1. The second kappa shape index (κ2) is 7.66. The minimum absolute atomic E-state index is 0.0975. The van der Waals surface area contributed by atoms with Gasteiger partial charge in [0.25, 0.3) is 0 Å². The first-order valence-corrected chi connectivity index (χ1v) is 6.47. The average molecular weight is 229 g/mol. The molecule has 0 bridgehead atoms. The molecule has 0 radical (unpaired) electrons. The molecule has 0 amide bonds. The Balaban J connectivity index is 4.71. The Morgan fingerprint density at radius 2 is 1.94 bits per heavy atom. The van der Waals surface area contributed by atoms with Crippen LogP contribution in [-0.4, -0.2) is 24.2 Å². The number of unbranched alkanes of at least 4 members (excludes halogenated alkanes) is 1. The van der Waals surface area contributed by atoms with Gasteiger partial charge in [0.1, 0.15) is 5.54 Å². The van der Waals surface area contributed by atoms with Crippen LogP contribution in [-0.2, 0) is 9.53 Å². The van der Waals surface area contributed by atoms with Gasteiger partial charge in [0, 0.05) is 6.04 Å². The first-order valence-electron chi connectivity index (χ1n) is 6.47. The van der Waals surface area contributed by atoms with E-state index in [2.05, 4.69) is 26.1 Å². The van der Waals surface area contributed by atoms with E-state index in [4.69, 9.17) is 4.74 Å². The highest BCUT2D eigenvalue weighted by molar-refractivity contribution is 5.80. The van der Waals surface area contributed by atoms with Crippen LogP contribution in [0.15, 0.2) is 0 Å². The third-order valence-electron chi connectivity index (χ3n) is 2.79. The largest absolute Gasteiger partial charge is 0.465 e. The molecular weight excluding hydrogens is 202 g/mol. The van der Waals surface area contributed by atoms with Gasteiger partial charge in [-0.3, -0.25) is 10.1 Å². The fourth-order valence-electron chi connectivity index (χ4n) is 1.96. The predicted molar refractivity (Wildman–Crippen MR) is 67.5 cm³/mol. The van der Waals surface area contributed by atoms with Gasteiger partial charge < -0.3 is 4.74 Å². The van der Waals surface area contributed by atoms with Gasteiger partial charge in [0.05, 0.1) is 6.61 Å². The van der Waals surface area contributed by atoms with Gasteiger partial charge in [-0.1, -0.05) is 26.7 Å². The molecule has 16 heavy (non-hydrogen) atoms. The van der Waals surface area contributed by atoms with Crippen molar-refractivity contribution in [3.63, 3.8) is 0 Å². The summed E-state index contributed by atoms with van der Waals surface area (Å²) in [4.78, 5) is 12.1. The molecule has 0 fully saturated rings. The lowest BCUT2D eigenvalue weighted by atomic mass is 9.89. The van der Waals surface area contributed by atoms with Crippen LogP contribution in [0.4, 0.5) is 0 Å². The van der Waals surface area contributed by atoms with E-state index in [9.17, 15) is 4.79 Å². The van der Waals surface area contributed by atoms with Crippen LogP contribution >= 0.6 is 0 Å². The van der Waals surface area contributed by atoms with Crippen LogP contribution in [0.2, 0.25) is 0 Å². The number of hydrogen-bond donors (Lipinski definition) is 1. The van der Waals surface area contributed by atoms with Gasteiger partial charge in [0.2, 0.25) is 0 Å². The van der Waals surface area contributed by atoms with E-state index in [0.717, 1.165) is 25.7 Å². The van der Waals surface area contributed by atoms with Crippen LogP contribution in [0.3, 0.4) is 0 Å². The van der Waals surface area contributed by atoms with E-state index in [1.165, 1.54) is 0 Å². The van der Waals surface area contributed by atoms with Crippen molar-refractivity contribution in [3.05, 3.63) is 0 Å². The summed E-state index contributed by atoms with van der Waals surface area (Å²) in [5, 5.41) is 3.39. The second-order valence-corrected chi connectivity index (χ2v) is 4.56. The molecule has 0 spiro atoms. The Morgan fingerprint density at radius 1 is 1.31 bits per heavy atom. The van der Waals surface area contributed by atoms with Crippen molar-refractivity contribution in [1.82, 2.24) is 5.32 Å². The monoisotopic (exact) mass is 229 g/mol. The van der Waals surface area contributed by atoms with Crippen LogP contribution in [0.5, 0.6) is 0 Å². The van der Waals surface area contributed by atoms with Crippen LogP contribution < -0.4 is 5.32 Å². The highest BCUT2D eigenvalue weighted by atomic mass is 16.5. The topological polar surface area (TPSA) is 38.3 Å². The molecular formula is C13H27NO2. The van der Waals surface area contributed by atoms with E-state index in [1.54, 1.807) is 0 Å². The summed E-state index contributed by atoms with van der Waals surface area (Å²) < 4.78 is 5.19. The maximum absolute atomic E-state index is 12.1. The summed E-state index contributed by atoms with van der Waals surface area (Å²) in [5.41, 5.74) is -0.486. The molecule has 0 saturated carbocycles. The Hall–Kier alpha value is -0.570. The first-order chi connectivity index (χ1) is 7.52. The van der Waals surface area contributed by atoms with Crippen LogP contribution in [0, 0.1) is 0 Å². The zero-order chi connectivity index (χ0) is 12.6. The molecule has 0 aromatic carbocycles. The predicted octanol–water partition coefficient (Wildman–Crippen LogP) is 2.89. The van der Waals surface area contributed by atoms with Gasteiger partial charge >= 0.3 is 5.97 Å². The summed E-state index contributed by atoms with van der Waals surface area (Å²) in [5.74, 6) is -0.0975. The quantitative estimate of drug-likeness (QED) is 0.650. The molecule has 1 N–H and O–H groups in total. The summed E-state index contributed by atoms with van der Waals surface area (Å²) in [6.07, 6.45) is 3.79. The molecule has 0 heterocycles. The van der Waals surface area contributed by atoms with Gasteiger partial charge in [-0.05, 0) is 33.6 Å². The van der Waals surface area contributed by atoms with E-state index >= 15 is 0 Å². The molecule has 1 atom stereocenters. The third kappa shape index (κ3) is 4.52. The van der Waals surface area contributed by atoms with E-state index in [1.807, 2.05) is 13.8 Å². The molecule has 0 aromatic rings.